The minimum atomic E-state index is -0.115. The number of benzene rings is 1. The lowest BCUT2D eigenvalue weighted by molar-refractivity contribution is -0.120. The quantitative estimate of drug-likeness (QED) is 0.871. The SMILES string of the molecule is CCOCC(=O)Nc1ccc(C(C)(C)C)cc1. The van der Waals surface area contributed by atoms with E-state index in [1.807, 2.05) is 31.2 Å². The Morgan fingerprint density at radius 1 is 1.24 bits per heavy atom. The van der Waals surface area contributed by atoms with Gasteiger partial charge in [-0.05, 0) is 30.0 Å². The Morgan fingerprint density at radius 2 is 1.82 bits per heavy atom. The number of ether oxygens (including phenoxy) is 1. The van der Waals surface area contributed by atoms with Gasteiger partial charge in [-0.3, -0.25) is 4.79 Å². The number of amides is 1. The lowest BCUT2D eigenvalue weighted by Crippen LogP contribution is -2.18. The van der Waals surface area contributed by atoms with Crippen molar-refractivity contribution < 1.29 is 9.53 Å². The summed E-state index contributed by atoms with van der Waals surface area (Å²) in [4.78, 5) is 11.4. The van der Waals surface area contributed by atoms with Gasteiger partial charge in [0.15, 0.2) is 0 Å². The van der Waals surface area contributed by atoms with E-state index in [4.69, 9.17) is 4.74 Å². The first-order valence-corrected chi connectivity index (χ1v) is 5.91. The standard InChI is InChI=1S/C14H21NO2/c1-5-17-10-13(16)15-12-8-6-11(7-9-12)14(2,3)4/h6-9H,5,10H2,1-4H3,(H,15,16). The zero-order valence-corrected chi connectivity index (χ0v) is 11.0. The minimum Gasteiger partial charge on any atom is -0.372 e. The molecule has 0 bridgehead atoms. The van der Waals surface area contributed by atoms with Crippen LogP contribution in [0.2, 0.25) is 0 Å². The second-order valence-corrected chi connectivity index (χ2v) is 5.01. The van der Waals surface area contributed by atoms with Crippen LogP contribution in [0.15, 0.2) is 24.3 Å². The predicted molar refractivity (Wildman–Crippen MR) is 70.3 cm³/mol. The van der Waals surface area contributed by atoms with Crippen LogP contribution >= 0.6 is 0 Å². The lowest BCUT2D eigenvalue weighted by Gasteiger charge is -2.19. The Balaban J connectivity index is 2.60. The average molecular weight is 235 g/mol. The summed E-state index contributed by atoms with van der Waals surface area (Å²) in [5, 5.41) is 2.79. The first-order valence-electron chi connectivity index (χ1n) is 5.91. The summed E-state index contributed by atoms with van der Waals surface area (Å²) in [7, 11) is 0. The first kappa shape index (κ1) is 13.7. The van der Waals surface area contributed by atoms with Crippen molar-refractivity contribution in [2.75, 3.05) is 18.5 Å². The summed E-state index contributed by atoms with van der Waals surface area (Å²) in [6.07, 6.45) is 0. The van der Waals surface area contributed by atoms with E-state index in [2.05, 4.69) is 26.1 Å². The molecule has 1 N–H and O–H groups in total. The third-order valence-corrected chi connectivity index (χ3v) is 2.47. The van der Waals surface area contributed by atoms with Crippen LogP contribution in [0.5, 0.6) is 0 Å². The maximum Gasteiger partial charge on any atom is 0.250 e. The van der Waals surface area contributed by atoms with Crippen LogP contribution < -0.4 is 5.32 Å². The molecule has 0 aromatic heterocycles. The van der Waals surface area contributed by atoms with Gasteiger partial charge in [0.2, 0.25) is 5.91 Å². The molecule has 0 aliphatic carbocycles. The molecule has 1 aromatic rings. The van der Waals surface area contributed by atoms with Gasteiger partial charge in [0.1, 0.15) is 6.61 Å². The molecule has 0 saturated heterocycles. The highest BCUT2D eigenvalue weighted by Crippen LogP contribution is 2.23. The van der Waals surface area contributed by atoms with Crippen molar-refractivity contribution in [2.24, 2.45) is 0 Å². The summed E-state index contributed by atoms with van der Waals surface area (Å²) < 4.78 is 5.03. The van der Waals surface area contributed by atoms with Gasteiger partial charge in [0.05, 0.1) is 0 Å². The molecule has 3 nitrogen and oxygen atoms in total. The molecular formula is C14H21NO2. The predicted octanol–water partition coefficient (Wildman–Crippen LogP) is 2.96. The average Bonchev–Trinajstić information content (AvgIpc) is 2.26. The number of rotatable bonds is 4. The zero-order chi connectivity index (χ0) is 12.9. The van der Waals surface area contributed by atoms with E-state index in [-0.39, 0.29) is 17.9 Å². The van der Waals surface area contributed by atoms with Gasteiger partial charge >= 0.3 is 0 Å². The van der Waals surface area contributed by atoms with E-state index in [9.17, 15) is 4.79 Å². The fraction of sp³-hybridized carbons (Fsp3) is 0.500. The van der Waals surface area contributed by atoms with Crippen LogP contribution in [0.25, 0.3) is 0 Å². The van der Waals surface area contributed by atoms with E-state index >= 15 is 0 Å². The second-order valence-electron chi connectivity index (χ2n) is 5.01. The summed E-state index contributed by atoms with van der Waals surface area (Å²) in [5.74, 6) is -0.115. The number of anilines is 1. The Bertz CT molecular complexity index is 363. The molecule has 3 heteroatoms. The number of hydrogen-bond donors (Lipinski definition) is 1. The number of hydrogen-bond acceptors (Lipinski definition) is 2. The maximum absolute atomic E-state index is 11.4. The van der Waals surface area contributed by atoms with Gasteiger partial charge in [-0.2, -0.15) is 0 Å². The molecule has 0 radical (unpaired) electrons. The van der Waals surface area contributed by atoms with Gasteiger partial charge in [-0.15, -0.1) is 0 Å². The molecule has 0 aliphatic rings. The van der Waals surface area contributed by atoms with E-state index in [0.29, 0.717) is 6.61 Å². The van der Waals surface area contributed by atoms with Crippen LogP contribution in [0.3, 0.4) is 0 Å². The Morgan fingerprint density at radius 3 is 2.29 bits per heavy atom. The van der Waals surface area contributed by atoms with Crippen molar-refractivity contribution >= 4 is 11.6 Å². The minimum absolute atomic E-state index is 0.109. The smallest absolute Gasteiger partial charge is 0.250 e. The van der Waals surface area contributed by atoms with Crippen molar-refractivity contribution in [2.45, 2.75) is 33.1 Å². The fourth-order valence-electron chi connectivity index (χ4n) is 1.45. The molecule has 0 unspecified atom stereocenters. The number of carbonyl (C=O) groups excluding carboxylic acids is 1. The molecule has 1 rings (SSSR count). The second kappa shape index (κ2) is 5.82. The third kappa shape index (κ3) is 4.57. The van der Waals surface area contributed by atoms with Crippen LogP contribution in [-0.4, -0.2) is 19.1 Å². The topological polar surface area (TPSA) is 38.3 Å². The Hall–Kier alpha value is -1.35. The fourth-order valence-corrected chi connectivity index (χ4v) is 1.45. The van der Waals surface area contributed by atoms with E-state index in [1.165, 1.54) is 5.56 Å². The van der Waals surface area contributed by atoms with Gasteiger partial charge in [0.25, 0.3) is 0 Å². The van der Waals surface area contributed by atoms with Gasteiger partial charge < -0.3 is 10.1 Å². The van der Waals surface area contributed by atoms with Crippen LogP contribution in [0.1, 0.15) is 33.3 Å². The van der Waals surface area contributed by atoms with Gasteiger partial charge in [-0.25, -0.2) is 0 Å². The molecule has 94 valence electrons. The van der Waals surface area contributed by atoms with Gasteiger partial charge in [-0.1, -0.05) is 32.9 Å². The molecular weight excluding hydrogens is 214 g/mol. The van der Waals surface area contributed by atoms with Crippen molar-refractivity contribution in [3.8, 4) is 0 Å². The zero-order valence-electron chi connectivity index (χ0n) is 11.0. The van der Waals surface area contributed by atoms with E-state index in [1.54, 1.807) is 0 Å². The highest BCUT2D eigenvalue weighted by atomic mass is 16.5. The van der Waals surface area contributed by atoms with Crippen molar-refractivity contribution in [3.05, 3.63) is 29.8 Å². The Labute approximate surface area is 103 Å². The first-order chi connectivity index (χ1) is 7.93. The summed E-state index contributed by atoms with van der Waals surface area (Å²) >= 11 is 0. The van der Waals surface area contributed by atoms with E-state index in [0.717, 1.165) is 5.69 Å². The van der Waals surface area contributed by atoms with Crippen molar-refractivity contribution in [3.63, 3.8) is 0 Å². The number of nitrogens with one attached hydrogen (secondary N) is 1. The van der Waals surface area contributed by atoms with Gasteiger partial charge in [0, 0.05) is 12.3 Å². The molecule has 1 aromatic carbocycles. The molecule has 0 saturated carbocycles. The van der Waals surface area contributed by atoms with Crippen LogP contribution in [-0.2, 0) is 14.9 Å². The molecule has 0 aliphatic heterocycles. The monoisotopic (exact) mass is 235 g/mol. The largest absolute Gasteiger partial charge is 0.372 e. The summed E-state index contributed by atoms with van der Waals surface area (Å²) in [6.45, 7) is 9.01. The molecule has 1 amide bonds. The normalized spacial score (nSPS) is 11.3. The van der Waals surface area contributed by atoms with Crippen LogP contribution in [0.4, 0.5) is 5.69 Å². The Kier molecular flexibility index (Phi) is 4.70. The highest BCUT2D eigenvalue weighted by Gasteiger charge is 2.13. The highest BCUT2D eigenvalue weighted by molar-refractivity contribution is 5.91. The lowest BCUT2D eigenvalue weighted by atomic mass is 9.87. The van der Waals surface area contributed by atoms with Crippen molar-refractivity contribution in [1.29, 1.82) is 0 Å². The summed E-state index contributed by atoms with van der Waals surface area (Å²) in [5.41, 5.74) is 2.19. The van der Waals surface area contributed by atoms with Crippen molar-refractivity contribution in [1.82, 2.24) is 0 Å². The van der Waals surface area contributed by atoms with Crippen LogP contribution in [0, 0.1) is 0 Å². The summed E-state index contributed by atoms with van der Waals surface area (Å²) in [6, 6.07) is 7.92. The molecule has 0 atom stereocenters. The molecule has 17 heavy (non-hydrogen) atoms. The third-order valence-electron chi connectivity index (χ3n) is 2.47. The molecule has 0 heterocycles. The molecule has 0 spiro atoms. The van der Waals surface area contributed by atoms with E-state index < -0.39 is 0 Å². The molecule has 0 fully saturated rings. The number of carbonyl (C=O) groups is 1. The maximum atomic E-state index is 11.4.